The fourth-order valence-electron chi connectivity index (χ4n) is 2.60. The van der Waals surface area contributed by atoms with E-state index >= 15 is 0 Å². The Morgan fingerprint density at radius 1 is 1.40 bits per heavy atom. The molecule has 20 heavy (non-hydrogen) atoms. The maximum absolute atomic E-state index is 13.6. The first-order chi connectivity index (χ1) is 9.11. The highest BCUT2D eigenvalue weighted by atomic mass is 35.5. The van der Waals surface area contributed by atoms with Crippen molar-refractivity contribution in [2.24, 2.45) is 11.7 Å². The Morgan fingerprint density at radius 2 is 2.10 bits per heavy atom. The van der Waals surface area contributed by atoms with E-state index < -0.39 is 11.7 Å². The maximum atomic E-state index is 13.6. The van der Waals surface area contributed by atoms with Gasteiger partial charge in [-0.15, -0.1) is 12.4 Å². The van der Waals surface area contributed by atoms with Crippen LogP contribution in [-0.2, 0) is 0 Å². The fourth-order valence-corrected chi connectivity index (χ4v) is 2.77. The van der Waals surface area contributed by atoms with Crippen LogP contribution >= 0.6 is 24.0 Å². The Kier molecular flexibility index (Phi) is 6.72. The molecule has 0 heterocycles. The molecule has 1 aromatic rings. The zero-order valence-corrected chi connectivity index (χ0v) is 12.6. The molecule has 2 unspecified atom stereocenters. The lowest BCUT2D eigenvalue weighted by Crippen LogP contribution is -2.44. The average molecular weight is 321 g/mol. The van der Waals surface area contributed by atoms with Crippen molar-refractivity contribution in [3.05, 3.63) is 34.6 Å². The van der Waals surface area contributed by atoms with E-state index in [1.165, 1.54) is 18.2 Å². The number of hydrogen-bond acceptors (Lipinski definition) is 2. The fraction of sp³-hybridized carbons (Fsp3) is 0.500. The molecule has 2 atom stereocenters. The Hall–Kier alpha value is -0.840. The highest BCUT2D eigenvalue weighted by Gasteiger charge is 2.26. The van der Waals surface area contributed by atoms with Gasteiger partial charge in [0.25, 0.3) is 5.91 Å². The van der Waals surface area contributed by atoms with Crippen LogP contribution in [0.3, 0.4) is 0 Å². The van der Waals surface area contributed by atoms with Crippen LogP contribution in [-0.4, -0.2) is 18.5 Å². The molecule has 3 nitrogen and oxygen atoms in total. The molecule has 6 heteroatoms. The van der Waals surface area contributed by atoms with Crippen molar-refractivity contribution in [1.29, 1.82) is 0 Å². The molecule has 0 aromatic heterocycles. The third-order valence-electron chi connectivity index (χ3n) is 3.70. The van der Waals surface area contributed by atoms with Crippen LogP contribution in [0.25, 0.3) is 0 Å². The van der Waals surface area contributed by atoms with E-state index in [4.69, 9.17) is 17.3 Å². The van der Waals surface area contributed by atoms with Crippen LogP contribution in [0, 0.1) is 11.7 Å². The summed E-state index contributed by atoms with van der Waals surface area (Å²) in [6, 6.07) is 4.02. The minimum absolute atomic E-state index is 0. The Labute approximate surface area is 129 Å². The van der Waals surface area contributed by atoms with Crippen molar-refractivity contribution >= 4 is 29.9 Å². The Morgan fingerprint density at radius 3 is 2.80 bits per heavy atom. The van der Waals surface area contributed by atoms with Gasteiger partial charge in [0.2, 0.25) is 0 Å². The summed E-state index contributed by atoms with van der Waals surface area (Å²) in [6.45, 7) is 0.545. The average Bonchev–Trinajstić information content (AvgIpc) is 2.42. The number of amides is 1. The molecule has 0 radical (unpaired) electrons. The molecule has 2 rings (SSSR count). The number of nitrogens with one attached hydrogen (secondary N) is 1. The number of rotatable bonds is 3. The third kappa shape index (κ3) is 4.08. The molecule has 0 aliphatic heterocycles. The Bertz CT molecular complexity index is 470. The smallest absolute Gasteiger partial charge is 0.254 e. The van der Waals surface area contributed by atoms with Crippen molar-refractivity contribution in [2.45, 2.75) is 31.7 Å². The van der Waals surface area contributed by atoms with E-state index in [1.807, 2.05) is 0 Å². The van der Waals surface area contributed by atoms with Crippen LogP contribution in [0.5, 0.6) is 0 Å². The van der Waals surface area contributed by atoms with Gasteiger partial charge in [0.05, 0.1) is 5.56 Å². The molecule has 1 fully saturated rings. The summed E-state index contributed by atoms with van der Waals surface area (Å²) in [6.07, 6.45) is 4.12. The number of nitrogens with two attached hydrogens (primary N) is 1. The van der Waals surface area contributed by atoms with Crippen molar-refractivity contribution < 1.29 is 9.18 Å². The van der Waals surface area contributed by atoms with Gasteiger partial charge in [-0.1, -0.05) is 24.4 Å². The van der Waals surface area contributed by atoms with Crippen molar-refractivity contribution in [1.82, 2.24) is 5.32 Å². The van der Waals surface area contributed by atoms with E-state index in [9.17, 15) is 9.18 Å². The molecule has 0 bridgehead atoms. The third-order valence-corrected chi connectivity index (χ3v) is 3.94. The molecule has 0 spiro atoms. The number of benzene rings is 1. The lowest BCUT2D eigenvalue weighted by atomic mass is 9.84. The second kappa shape index (κ2) is 7.81. The topological polar surface area (TPSA) is 55.1 Å². The number of carbonyl (C=O) groups excluding carboxylic acids is 1. The SMILES string of the molecule is Cl.NCC1CCCCC1NC(=O)c1cc(Cl)ccc1F. The largest absolute Gasteiger partial charge is 0.349 e. The zero-order chi connectivity index (χ0) is 13.8. The minimum Gasteiger partial charge on any atom is -0.349 e. The number of carbonyl (C=O) groups is 1. The van der Waals surface area contributed by atoms with Gasteiger partial charge in [0.1, 0.15) is 5.82 Å². The van der Waals surface area contributed by atoms with Crippen LogP contribution in [0.15, 0.2) is 18.2 Å². The van der Waals surface area contributed by atoms with E-state index in [0.29, 0.717) is 11.6 Å². The van der Waals surface area contributed by atoms with Crippen LogP contribution in [0.4, 0.5) is 4.39 Å². The highest BCUT2D eigenvalue weighted by molar-refractivity contribution is 6.31. The summed E-state index contributed by atoms with van der Waals surface area (Å²) in [4.78, 5) is 12.1. The normalized spacial score (nSPS) is 21.9. The number of hydrogen-bond donors (Lipinski definition) is 2. The molecule has 0 saturated heterocycles. The van der Waals surface area contributed by atoms with Crippen LogP contribution in [0.2, 0.25) is 5.02 Å². The van der Waals surface area contributed by atoms with E-state index in [1.54, 1.807) is 0 Å². The summed E-state index contributed by atoms with van der Waals surface area (Å²) >= 11 is 5.79. The zero-order valence-electron chi connectivity index (χ0n) is 11.1. The summed E-state index contributed by atoms with van der Waals surface area (Å²) in [5.41, 5.74) is 5.71. The standard InChI is InChI=1S/C14H18ClFN2O.ClH/c15-10-5-6-12(16)11(7-10)14(19)18-13-4-2-1-3-9(13)8-17;/h5-7,9,13H,1-4,8,17H2,(H,18,19);1H. The molecular formula is C14H19Cl2FN2O. The molecule has 1 aliphatic carbocycles. The van der Waals surface area contributed by atoms with E-state index in [2.05, 4.69) is 5.32 Å². The van der Waals surface area contributed by atoms with Crippen molar-refractivity contribution in [2.75, 3.05) is 6.54 Å². The van der Waals surface area contributed by atoms with Crippen molar-refractivity contribution in [3.8, 4) is 0 Å². The van der Waals surface area contributed by atoms with Gasteiger partial charge in [-0.05, 0) is 43.5 Å². The first kappa shape index (κ1) is 17.2. The van der Waals surface area contributed by atoms with Gasteiger partial charge in [0.15, 0.2) is 0 Å². The van der Waals surface area contributed by atoms with Crippen molar-refractivity contribution in [3.63, 3.8) is 0 Å². The van der Waals surface area contributed by atoms with Gasteiger partial charge in [-0.2, -0.15) is 0 Å². The summed E-state index contributed by atoms with van der Waals surface area (Å²) in [5.74, 6) is -0.688. The minimum atomic E-state index is -0.554. The van der Waals surface area contributed by atoms with E-state index in [0.717, 1.165) is 25.7 Å². The molecule has 3 N–H and O–H groups in total. The second-order valence-electron chi connectivity index (χ2n) is 4.98. The number of halogens is 3. The summed E-state index contributed by atoms with van der Waals surface area (Å²) in [7, 11) is 0. The molecule has 1 saturated carbocycles. The molecule has 1 aliphatic rings. The summed E-state index contributed by atoms with van der Waals surface area (Å²) in [5, 5.41) is 3.24. The second-order valence-corrected chi connectivity index (χ2v) is 5.42. The van der Waals surface area contributed by atoms with Gasteiger partial charge in [0, 0.05) is 11.1 Å². The molecule has 112 valence electrons. The lowest BCUT2D eigenvalue weighted by molar-refractivity contribution is 0.0904. The quantitative estimate of drug-likeness (QED) is 0.898. The lowest BCUT2D eigenvalue weighted by Gasteiger charge is -2.31. The summed E-state index contributed by atoms with van der Waals surface area (Å²) < 4.78 is 13.6. The predicted octanol–water partition coefficient (Wildman–Crippen LogP) is 3.15. The first-order valence-corrected chi connectivity index (χ1v) is 6.95. The Balaban J connectivity index is 0.00000200. The highest BCUT2D eigenvalue weighted by Crippen LogP contribution is 2.24. The monoisotopic (exact) mass is 320 g/mol. The first-order valence-electron chi connectivity index (χ1n) is 6.58. The molecule has 1 amide bonds. The van der Waals surface area contributed by atoms with Gasteiger partial charge < -0.3 is 11.1 Å². The van der Waals surface area contributed by atoms with Gasteiger partial charge in [-0.25, -0.2) is 4.39 Å². The molecular weight excluding hydrogens is 302 g/mol. The predicted molar refractivity (Wildman–Crippen MR) is 80.9 cm³/mol. The molecule has 1 aromatic carbocycles. The van der Waals surface area contributed by atoms with E-state index in [-0.39, 0.29) is 29.9 Å². The van der Waals surface area contributed by atoms with Gasteiger partial charge >= 0.3 is 0 Å². The van der Waals surface area contributed by atoms with Crippen LogP contribution < -0.4 is 11.1 Å². The van der Waals surface area contributed by atoms with Crippen LogP contribution in [0.1, 0.15) is 36.0 Å². The van der Waals surface area contributed by atoms with Gasteiger partial charge in [-0.3, -0.25) is 4.79 Å². The maximum Gasteiger partial charge on any atom is 0.254 e.